The number of carbonyl (C=O) groups excluding carboxylic acids is 2. The first-order valence-electron chi connectivity index (χ1n) is 8.79. The highest BCUT2D eigenvalue weighted by Crippen LogP contribution is 2.16. The summed E-state index contributed by atoms with van der Waals surface area (Å²) in [6.45, 7) is 7.15. The summed E-state index contributed by atoms with van der Waals surface area (Å²) in [5, 5.41) is 5.90. The molecule has 0 aromatic heterocycles. The highest BCUT2D eigenvalue weighted by molar-refractivity contribution is 7.80. The van der Waals surface area contributed by atoms with Gasteiger partial charge in [-0.1, -0.05) is 33.6 Å². The average Bonchev–Trinajstić information content (AvgIpc) is 2.83. The molecule has 6 heteroatoms. The van der Waals surface area contributed by atoms with Gasteiger partial charge in [-0.05, 0) is 49.3 Å². The lowest BCUT2D eigenvalue weighted by atomic mass is 9.96. The Bertz CT molecular complexity index is 627. The predicted molar refractivity (Wildman–Crippen MR) is 105 cm³/mol. The minimum Gasteiger partial charge on any atom is -0.339 e. The largest absolute Gasteiger partial charge is 0.339 e. The first-order valence-corrected chi connectivity index (χ1v) is 9.20. The van der Waals surface area contributed by atoms with Gasteiger partial charge in [-0.15, -0.1) is 0 Å². The van der Waals surface area contributed by atoms with Gasteiger partial charge in [-0.3, -0.25) is 9.59 Å². The van der Waals surface area contributed by atoms with Crippen LogP contribution in [0.25, 0.3) is 0 Å². The van der Waals surface area contributed by atoms with E-state index in [-0.39, 0.29) is 16.9 Å². The van der Waals surface area contributed by atoms with Crippen molar-refractivity contribution in [2.45, 2.75) is 46.5 Å². The van der Waals surface area contributed by atoms with Crippen molar-refractivity contribution in [3.05, 3.63) is 29.8 Å². The maximum absolute atomic E-state index is 12.6. The topological polar surface area (TPSA) is 61.4 Å². The molecule has 0 unspecified atom stereocenters. The van der Waals surface area contributed by atoms with Crippen LogP contribution in [0.1, 0.15) is 56.8 Å². The Morgan fingerprint density at radius 1 is 1.00 bits per heavy atom. The molecule has 1 aliphatic heterocycles. The maximum atomic E-state index is 12.6. The van der Waals surface area contributed by atoms with Crippen molar-refractivity contribution in [1.29, 1.82) is 0 Å². The highest BCUT2D eigenvalue weighted by atomic mass is 32.1. The van der Waals surface area contributed by atoms with Crippen LogP contribution in [-0.2, 0) is 4.79 Å². The van der Waals surface area contributed by atoms with Crippen LogP contribution in [0.5, 0.6) is 0 Å². The van der Waals surface area contributed by atoms with E-state index in [1.165, 1.54) is 12.8 Å². The molecule has 136 valence electrons. The van der Waals surface area contributed by atoms with Crippen molar-refractivity contribution in [1.82, 2.24) is 10.2 Å². The lowest BCUT2D eigenvalue weighted by molar-refractivity contribution is -0.126. The number of rotatable bonds is 2. The van der Waals surface area contributed by atoms with Crippen LogP contribution in [-0.4, -0.2) is 34.9 Å². The normalized spacial score (nSPS) is 15.2. The molecule has 5 nitrogen and oxygen atoms in total. The number of carbonyl (C=O) groups is 2. The molecule has 0 saturated carbocycles. The minimum atomic E-state index is -0.505. The third kappa shape index (κ3) is 5.81. The number of anilines is 1. The zero-order valence-electron chi connectivity index (χ0n) is 15.2. The Hall–Kier alpha value is -1.95. The third-order valence-electron chi connectivity index (χ3n) is 4.19. The van der Waals surface area contributed by atoms with Gasteiger partial charge < -0.3 is 15.5 Å². The monoisotopic (exact) mass is 361 g/mol. The third-order valence-corrected chi connectivity index (χ3v) is 4.40. The number of nitrogens with zero attached hydrogens (tertiary/aromatic N) is 1. The van der Waals surface area contributed by atoms with E-state index >= 15 is 0 Å². The molecular formula is C19H27N3O2S. The quantitative estimate of drug-likeness (QED) is 0.791. The van der Waals surface area contributed by atoms with Crippen LogP contribution in [0.4, 0.5) is 5.69 Å². The summed E-state index contributed by atoms with van der Waals surface area (Å²) in [4.78, 5) is 26.4. The highest BCUT2D eigenvalue weighted by Gasteiger charge is 2.22. The molecule has 1 fully saturated rings. The van der Waals surface area contributed by atoms with Crippen LogP contribution in [0.15, 0.2) is 24.3 Å². The number of thiocarbonyl (C=S) groups is 1. The molecule has 25 heavy (non-hydrogen) atoms. The summed E-state index contributed by atoms with van der Waals surface area (Å²) < 4.78 is 0. The summed E-state index contributed by atoms with van der Waals surface area (Å²) in [6, 6.07) is 7.20. The minimum absolute atomic E-state index is 0.0806. The van der Waals surface area contributed by atoms with E-state index in [4.69, 9.17) is 12.2 Å². The number of nitrogens with one attached hydrogen (secondary N) is 2. The smallest absolute Gasteiger partial charge is 0.253 e. The van der Waals surface area contributed by atoms with Gasteiger partial charge in [-0.2, -0.15) is 0 Å². The van der Waals surface area contributed by atoms with E-state index in [0.717, 1.165) is 31.6 Å². The molecule has 0 aliphatic carbocycles. The van der Waals surface area contributed by atoms with Crippen molar-refractivity contribution in [3.8, 4) is 0 Å². The SMILES string of the molecule is CC(C)(C)C(=O)NC(=S)Nc1ccc(C(=O)N2CCCCCC2)cc1. The lowest BCUT2D eigenvalue weighted by Crippen LogP contribution is -2.41. The van der Waals surface area contributed by atoms with Crippen molar-refractivity contribution in [2.24, 2.45) is 5.41 Å². The van der Waals surface area contributed by atoms with E-state index in [0.29, 0.717) is 5.56 Å². The first-order chi connectivity index (χ1) is 11.8. The number of amides is 2. The zero-order valence-corrected chi connectivity index (χ0v) is 16.0. The molecule has 0 bridgehead atoms. The van der Waals surface area contributed by atoms with Gasteiger partial charge in [0.15, 0.2) is 5.11 Å². The Morgan fingerprint density at radius 2 is 1.56 bits per heavy atom. The summed E-state index contributed by atoms with van der Waals surface area (Å²) in [5.41, 5.74) is 0.915. The van der Waals surface area contributed by atoms with Crippen LogP contribution in [0.2, 0.25) is 0 Å². The van der Waals surface area contributed by atoms with Gasteiger partial charge in [0.2, 0.25) is 5.91 Å². The zero-order chi connectivity index (χ0) is 18.4. The van der Waals surface area contributed by atoms with Gasteiger partial charge in [0.05, 0.1) is 0 Å². The van der Waals surface area contributed by atoms with E-state index in [2.05, 4.69) is 10.6 Å². The van der Waals surface area contributed by atoms with E-state index in [1.54, 1.807) is 24.3 Å². The number of likely N-dealkylation sites (tertiary alicyclic amines) is 1. The Kier molecular flexibility index (Phi) is 6.53. The Labute approximate surface area is 155 Å². The first kappa shape index (κ1) is 19.4. The molecule has 1 heterocycles. The molecule has 2 N–H and O–H groups in total. The number of hydrogen-bond donors (Lipinski definition) is 2. The Balaban J connectivity index is 1.94. The molecule has 0 atom stereocenters. The second kappa shape index (κ2) is 8.43. The average molecular weight is 362 g/mol. The van der Waals surface area contributed by atoms with Crippen molar-refractivity contribution < 1.29 is 9.59 Å². The summed E-state index contributed by atoms with van der Waals surface area (Å²) in [6.07, 6.45) is 4.55. The Morgan fingerprint density at radius 3 is 2.08 bits per heavy atom. The molecule has 0 radical (unpaired) electrons. The second-order valence-electron chi connectivity index (χ2n) is 7.44. The van der Waals surface area contributed by atoms with Gasteiger partial charge in [0.1, 0.15) is 0 Å². The predicted octanol–water partition coefficient (Wildman–Crippen LogP) is 3.56. The summed E-state index contributed by atoms with van der Waals surface area (Å²) in [5.74, 6) is -0.0602. The van der Waals surface area contributed by atoms with Crippen molar-refractivity contribution >= 4 is 34.8 Å². The molecule has 1 saturated heterocycles. The van der Waals surface area contributed by atoms with E-state index < -0.39 is 5.41 Å². The second-order valence-corrected chi connectivity index (χ2v) is 7.85. The summed E-state index contributed by atoms with van der Waals surface area (Å²) >= 11 is 5.16. The molecule has 2 amide bonds. The molecule has 0 spiro atoms. The fraction of sp³-hybridized carbons (Fsp3) is 0.526. The van der Waals surface area contributed by atoms with Crippen LogP contribution in [0, 0.1) is 5.41 Å². The van der Waals surface area contributed by atoms with Gasteiger partial charge in [-0.25, -0.2) is 0 Å². The standard InChI is InChI=1S/C19H27N3O2S/c1-19(2,3)17(24)21-18(25)20-15-10-8-14(9-11-15)16(23)22-12-6-4-5-7-13-22/h8-11H,4-7,12-13H2,1-3H3,(H2,20,21,24,25). The summed E-state index contributed by atoms with van der Waals surface area (Å²) in [7, 11) is 0. The number of benzene rings is 1. The van der Waals surface area contributed by atoms with Gasteiger partial charge in [0.25, 0.3) is 5.91 Å². The van der Waals surface area contributed by atoms with Crippen molar-refractivity contribution in [2.75, 3.05) is 18.4 Å². The molecular weight excluding hydrogens is 334 g/mol. The van der Waals surface area contributed by atoms with E-state index in [1.807, 2.05) is 25.7 Å². The molecule has 1 aromatic carbocycles. The molecule has 1 aliphatic rings. The molecule has 1 aromatic rings. The van der Waals surface area contributed by atoms with Crippen LogP contribution in [0.3, 0.4) is 0 Å². The lowest BCUT2D eigenvalue weighted by Gasteiger charge is -2.20. The molecule has 2 rings (SSSR count). The van der Waals surface area contributed by atoms with Gasteiger partial charge in [0, 0.05) is 29.8 Å². The fourth-order valence-electron chi connectivity index (χ4n) is 2.61. The fourth-order valence-corrected chi connectivity index (χ4v) is 2.82. The van der Waals surface area contributed by atoms with E-state index in [9.17, 15) is 9.59 Å². The van der Waals surface area contributed by atoms with Crippen LogP contribution < -0.4 is 10.6 Å². The van der Waals surface area contributed by atoms with Gasteiger partial charge >= 0.3 is 0 Å². The van der Waals surface area contributed by atoms with Crippen molar-refractivity contribution in [3.63, 3.8) is 0 Å². The maximum Gasteiger partial charge on any atom is 0.253 e. The van der Waals surface area contributed by atoms with Crippen LogP contribution >= 0.6 is 12.2 Å². The number of hydrogen-bond acceptors (Lipinski definition) is 3.